The lowest BCUT2D eigenvalue weighted by Gasteiger charge is -2.33. The first-order chi connectivity index (χ1) is 5.30. The molecule has 2 nitrogen and oxygen atoms in total. The van der Waals surface area contributed by atoms with Gasteiger partial charge in [0.25, 0.3) is 0 Å². The standard InChI is InChI=1S/C8H19N.C2H7N/c1-6(2)8(5,9)7(3)4;1-2-3/h6-7H,9H2,1-5H3;2-3H2,1H3. The van der Waals surface area contributed by atoms with Crippen molar-refractivity contribution in [1.29, 1.82) is 0 Å². The molecule has 0 aromatic heterocycles. The number of nitrogens with two attached hydrogens (primary N) is 2. The van der Waals surface area contributed by atoms with Crippen molar-refractivity contribution >= 4 is 0 Å². The third-order valence-corrected chi connectivity index (χ3v) is 2.49. The molecule has 0 saturated carbocycles. The second kappa shape index (κ2) is 6.44. The smallest absolute Gasteiger partial charge is 0.0172 e. The maximum atomic E-state index is 6.00. The van der Waals surface area contributed by atoms with Crippen LogP contribution in [0, 0.1) is 11.8 Å². The molecule has 0 fully saturated rings. The lowest BCUT2D eigenvalue weighted by Crippen LogP contribution is -2.46. The molecule has 12 heavy (non-hydrogen) atoms. The van der Waals surface area contributed by atoms with Crippen molar-refractivity contribution in [2.75, 3.05) is 6.54 Å². The SMILES string of the molecule is CC(C)C(C)(N)C(C)C.CCN. The molecule has 0 aliphatic rings. The first-order valence-electron chi connectivity index (χ1n) is 4.79. The summed E-state index contributed by atoms with van der Waals surface area (Å²) < 4.78 is 0. The number of hydrogen-bond donors (Lipinski definition) is 2. The van der Waals surface area contributed by atoms with E-state index >= 15 is 0 Å². The Bertz CT molecular complexity index is 86.0. The summed E-state index contributed by atoms with van der Waals surface area (Å²) in [6, 6.07) is 0. The summed E-state index contributed by atoms with van der Waals surface area (Å²) in [5, 5.41) is 0. The zero-order chi connectivity index (χ0) is 10.4. The van der Waals surface area contributed by atoms with Crippen LogP contribution in [-0.4, -0.2) is 12.1 Å². The van der Waals surface area contributed by atoms with Gasteiger partial charge in [0.15, 0.2) is 0 Å². The minimum Gasteiger partial charge on any atom is -0.331 e. The maximum absolute atomic E-state index is 6.00. The van der Waals surface area contributed by atoms with Crippen LogP contribution >= 0.6 is 0 Å². The molecule has 0 aliphatic heterocycles. The van der Waals surface area contributed by atoms with Crippen LogP contribution in [0.1, 0.15) is 41.5 Å². The van der Waals surface area contributed by atoms with Gasteiger partial charge in [-0.15, -0.1) is 0 Å². The molecule has 0 bridgehead atoms. The number of rotatable bonds is 2. The Morgan fingerprint density at radius 2 is 1.25 bits per heavy atom. The molecule has 76 valence electrons. The zero-order valence-corrected chi connectivity index (χ0v) is 9.52. The van der Waals surface area contributed by atoms with Crippen LogP contribution in [0.15, 0.2) is 0 Å². The highest BCUT2D eigenvalue weighted by molar-refractivity contribution is 4.84. The molecule has 0 aromatic carbocycles. The van der Waals surface area contributed by atoms with Crippen LogP contribution in [0.25, 0.3) is 0 Å². The van der Waals surface area contributed by atoms with E-state index in [0.717, 1.165) is 6.54 Å². The normalized spacial score (nSPS) is 11.5. The molecule has 0 amide bonds. The van der Waals surface area contributed by atoms with Crippen molar-refractivity contribution in [3.63, 3.8) is 0 Å². The second-order valence-electron chi connectivity index (χ2n) is 4.08. The largest absolute Gasteiger partial charge is 0.331 e. The van der Waals surface area contributed by atoms with Gasteiger partial charge in [-0.3, -0.25) is 0 Å². The van der Waals surface area contributed by atoms with Crippen molar-refractivity contribution in [2.45, 2.75) is 47.1 Å². The topological polar surface area (TPSA) is 52.0 Å². The lowest BCUT2D eigenvalue weighted by molar-refractivity contribution is 0.250. The summed E-state index contributed by atoms with van der Waals surface area (Å²) in [4.78, 5) is 0. The molecule has 0 spiro atoms. The van der Waals surface area contributed by atoms with E-state index in [4.69, 9.17) is 11.5 Å². The van der Waals surface area contributed by atoms with Gasteiger partial charge in [-0.05, 0) is 25.3 Å². The van der Waals surface area contributed by atoms with Gasteiger partial charge in [0.2, 0.25) is 0 Å². The zero-order valence-electron chi connectivity index (χ0n) is 9.52. The van der Waals surface area contributed by atoms with Gasteiger partial charge >= 0.3 is 0 Å². The van der Waals surface area contributed by atoms with E-state index in [-0.39, 0.29) is 5.54 Å². The van der Waals surface area contributed by atoms with Gasteiger partial charge in [-0.25, -0.2) is 0 Å². The Balaban J connectivity index is 0. The van der Waals surface area contributed by atoms with Crippen molar-refractivity contribution < 1.29 is 0 Å². The summed E-state index contributed by atoms with van der Waals surface area (Å²) in [5.41, 5.74) is 10.8. The third kappa shape index (κ3) is 5.56. The van der Waals surface area contributed by atoms with E-state index in [0.29, 0.717) is 11.8 Å². The average Bonchev–Trinajstić information content (AvgIpc) is 1.88. The molecule has 0 radical (unpaired) electrons. The minimum atomic E-state index is 0.000000000000000222. The van der Waals surface area contributed by atoms with Gasteiger partial charge in [-0.1, -0.05) is 34.6 Å². The Morgan fingerprint density at radius 1 is 1.08 bits per heavy atom. The molecule has 4 N–H and O–H groups in total. The van der Waals surface area contributed by atoms with Crippen molar-refractivity contribution in [1.82, 2.24) is 0 Å². The first-order valence-corrected chi connectivity index (χ1v) is 4.79. The van der Waals surface area contributed by atoms with Crippen LogP contribution in [0.4, 0.5) is 0 Å². The number of hydrogen-bond acceptors (Lipinski definition) is 2. The third-order valence-electron chi connectivity index (χ3n) is 2.49. The Labute approximate surface area is 77.7 Å². The monoisotopic (exact) mass is 174 g/mol. The Kier molecular flexibility index (Phi) is 7.75. The molecule has 0 aliphatic carbocycles. The lowest BCUT2D eigenvalue weighted by atomic mass is 9.80. The fraction of sp³-hybridized carbons (Fsp3) is 1.00. The summed E-state index contributed by atoms with van der Waals surface area (Å²) in [7, 11) is 0. The fourth-order valence-corrected chi connectivity index (χ4v) is 0.667. The molecule has 0 heterocycles. The van der Waals surface area contributed by atoms with Gasteiger partial charge < -0.3 is 11.5 Å². The minimum absolute atomic E-state index is 0.000000000000000222. The summed E-state index contributed by atoms with van der Waals surface area (Å²) in [6.45, 7) is 13.4. The average molecular weight is 174 g/mol. The van der Waals surface area contributed by atoms with Crippen molar-refractivity contribution in [2.24, 2.45) is 23.3 Å². The maximum Gasteiger partial charge on any atom is 0.0172 e. The van der Waals surface area contributed by atoms with E-state index < -0.39 is 0 Å². The Morgan fingerprint density at radius 3 is 1.25 bits per heavy atom. The van der Waals surface area contributed by atoms with E-state index in [1.54, 1.807) is 0 Å². The van der Waals surface area contributed by atoms with E-state index in [2.05, 4.69) is 34.6 Å². The molecule has 0 aromatic rings. The molecule has 2 heteroatoms. The van der Waals surface area contributed by atoms with Crippen molar-refractivity contribution in [3.05, 3.63) is 0 Å². The van der Waals surface area contributed by atoms with Gasteiger partial charge in [0.05, 0.1) is 0 Å². The summed E-state index contributed by atoms with van der Waals surface area (Å²) >= 11 is 0. The van der Waals surface area contributed by atoms with Crippen molar-refractivity contribution in [3.8, 4) is 0 Å². The van der Waals surface area contributed by atoms with Gasteiger partial charge in [-0.2, -0.15) is 0 Å². The van der Waals surface area contributed by atoms with Crippen LogP contribution in [0.5, 0.6) is 0 Å². The highest BCUT2D eigenvalue weighted by atomic mass is 14.7. The molecule has 0 saturated heterocycles. The molecule has 0 rings (SSSR count). The predicted molar refractivity (Wildman–Crippen MR) is 57.0 cm³/mol. The highest BCUT2D eigenvalue weighted by Crippen LogP contribution is 2.21. The molecule has 0 atom stereocenters. The first kappa shape index (κ1) is 14.4. The van der Waals surface area contributed by atoms with Gasteiger partial charge in [0, 0.05) is 5.54 Å². The predicted octanol–water partition coefficient (Wildman–Crippen LogP) is 1.98. The summed E-state index contributed by atoms with van der Waals surface area (Å²) in [6.07, 6.45) is 0. The quantitative estimate of drug-likeness (QED) is 0.672. The second-order valence-corrected chi connectivity index (χ2v) is 4.08. The molecular formula is C10H26N2. The van der Waals surface area contributed by atoms with Crippen LogP contribution in [0.3, 0.4) is 0 Å². The van der Waals surface area contributed by atoms with Crippen LogP contribution < -0.4 is 11.5 Å². The van der Waals surface area contributed by atoms with Crippen LogP contribution in [-0.2, 0) is 0 Å². The van der Waals surface area contributed by atoms with E-state index in [9.17, 15) is 0 Å². The van der Waals surface area contributed by atoms with E-state index in [1.807, 2.05) is 6.92 Å². The van der Waals surface area contributed by atoms with Gasteiger partial charge in [0.1, 0.15) is 0 Å². The molecule has 0 unspecified atom stereocenters. The molecular weight excluding hydrogens is 148 g/mol. The summed E-state index contributed by atoms with van der Waals surface area (Å²) in [5.74, 6) is 1.13. The Hall–Kier alpha value is -0.0800. The highest BCUT2D eigenvalue weighted by Gasteiger charge is 2.26. The fourth-order valence-electron chi connectivity index (χ4n) is 0.667. The van der Waals surface area contributed by atoms with E-state index in [1.165, 1.54) is 0 Å². The van der Waals surface area contributed by atoms with Crippen LogP contribution in [0.2, 0.25) is 0 Å².